The van der Waals surface area contributed by atoms with Gasteiger partial charge in [-0.3, -0.25) is 16.0 Å². The summed E-state index contributed by atoms with van der Waals surface area (Å²) in [5, 5.41) is 13.7. The Bertz CT molecular complexity index is 2020. The van der Waals surface area contributed by atoms with Crippen molar-refractivity contribution in [2.45, 2.75) is 18.5 Å². The van der Waals surface area contributed by atoms with Crippen LogP contribution < -0.4 is 16.0 Å². The van der Waals surface area contributed by atoms with Gasteiger partial charge >= 0.3 is 0 Å². The molecule has 4 heteroatoms. The van der Waals surface area contributed by atoms with E-state index >= 15 is 0 Å². The van der Waals surface area contributed by atoms with Crippen molar-refractivity contribution in [3.05, 3.63) is 168 Å². The van der Waals surface area contributed by atoms with Crippen LogP contribution in [0.3, 0.4) is 0 Å². The molecule has 4 nitrogen and oxygen atoms in total. The van der Waals surface area contributed by atoms with Crippen molar-refractivity contribution in [2.75, 3.05) is 0 Å². The maximum Gasteiger partial charge on any atom is 0.135 e. The maximum absolute atomic E-state index is 6.39. The number of hydrogen-bond donors (Lipinski definition) is 3. The van der Waals surface area contributed by atoms with E-state index < -0.39 is 0 Å². The van der Waals surface area contributed by atoms with Crippen LogP contribution in [0.5, 0.6) is 0 Å². The summed E-state index contributed by atoms with van der Waals surface area (Å²) >= 11 is 0. The van der Waals surface area contributed by atoms with Gasteiger partial charge in [0.2, 0.25) is 0 Å². The van der Waals surface area contributed by atoms with E-state index in [1.165, 1.54) is 33.4 Å². The summed E-state index contributed by atoms with van der Waals surface area (Å²) in [6, 6.07) is 53.4. The first-order valence-electron chi connectivity index (χ1n) is 14.8. The number of fused-ring (bicyclic) bond motifs is 3. The lowest BCUT2D eigenvalue weighted by atomic mass is 9.99. The molecule has 3 unspecified atom stereocenters. The SMILES string of the molecule is c1ccc(-c2cccc(C3NC(c4ccccc4)NC(c4ccc5c(c4)oc4ccc(-c6ccccc6)cc45)N3)c2)cc1. The van der Waals surface area contributed by atoms with Crippen molar-refractivity contribution in [1.29, 1.82) is 0 Å². The van der Waals surface area contributed by atoms with Gasteiger partial charge in [0.25, 0.3) is 0 Å². The molecule has 0 radical (unpaired) electrons. The highest BCUT2D eigenvalue weighted by Gasteiger charge is 2.30. The number of hydrogen-bond acceptors (Lipinski definition) is 4. The zero-order valence-electron chi connectivity index (χ0n) is 23.6. The Morgan fingerprint density at radius 3 is 1.56 bits per heavy atom. The van der Waals surface area contributed by atoms with Crippen LogP contribution in [0.15, 0.2) is 156 Å². The lowest BCUT2D eigenvalue weighted by Gasteiger charge is -2.39. The fourth-order valence-corrected chi connectivity index (χ4v) is 6.18. The Morgan fingerprint density at radius 2 is 0.884 bits per heavy atom. The second-order valence-electron chi connectivity index (χ2n) is 11.1. The van der Waals surface area contributed by atoms with Crippen LogP contribution in [0.2, 0.25) is 0 Å². The van der Waals surface area contributed by atoms with Crippen LogP contribution in [0.25, 0.3) is 44.2 Å². The normalized spacial score (nSPS) is 18.7. The smallest absolute Gasteiger partial charge is 0.135 e. The molecule has 1 aliphatic heterocycles. The number of rotatable bonds is 5. The molecule has 43 heavy (non-hydrogen) atoms. The minimum absolute atomic E-state index is 0.0439. The minimum atomic E-state index is -0.102. The molecule has 6 aromatic carbocycles. The average molecular weight is 558 g/mol. The topological polar surface area (TPSA) is 49.2 Å². The van der Waals surface area contributed by atoms with Gasteiger partial charge in [-0.2, -0.15) is 0 Å². The average Bonchev–Trinajstić information content (AvgIpc) is 3.46. The molecular formula is C39H31N3O. The highest BCUT2D eigenvalue weighted by atomic mass is 16.3. The molecule has 7 aromatic rings. The van der Waals surface area contributed by atoms with Gasteiger partial charge in [0.05, 0.1) is 18.5 Å². The van der Waals surface area contributed by atoms with Gasteiger partial charge < -0.3 is 4.42 Å². The lowest BCUT2D eigenvalue weighted by Crippen LogP contribution is -2.54. The Morgan fingerprint density at radius 1 is 0.349 bits per heavy atom. The van der Waals surface area contributed by atoms with Crippen LogP contribution in [-0.2, 0) is 0 Å². The van der Waals surface area contributed by atoms with E-state index in [9.17, 15) is 0 Å². The lowest BCUT2D eigenvalue weighted by molar-refractivity contribution is 0.203. The van der Waals surface area contributed by atoms with Crippen LogP contribution in [0, 0.1) is 0 Å². The van der Waals surface area contributed by atoms with Crippen LogP contribution in [0.4, 0.5) is 0 Å². The molecule has 0 spiro atoms. The van der Waals surface area contributed by atoms with Gasteiger partial charge in [-0.15, -0.1) is 0 Å². The van der Waals surface area contributed by atoms with Gasteiger partial charge in [-0.05, 0) is 63.2 Å². The molecule has 1 aliphatic rings. The number of benzene rings is 6. The zero-order chi connectivity index (χ0) is 28.6. The van der Waals surface area contributed by atoms with E-state index in [0.717, 1.165) is 27.5 Å². The minimum Gasteiger partial charge on any atom is -0.456 e. The van der Waals surface area contributed by atoms with E-state index in [-0.39, 0.29) is 18.5 Å². The molecule has 3 atom stereocenters. The molecule has 1 fully saturated rings. The van der Waals surface area contributed by atoms with E-state index in [4.69, 9.17) is 4.42 Å². The molecule has 0 amide bonds. The third-order valence-corrected chi connectivity index (χ3v) is 8.40. The van der Waals surface area contributed by atoms with Crippen LogP contribution in [0.1, 0.15) is 35.2 Å². The Balaban J connectivity index is 1.16. The van der Waals surface area contributed by atoms with Gasteiger partial charge in [-0.25, -0.2) is 0 Å². The molecule has 3 N–H and O–H groups in total. The zero-order valence-corrected chi connectivity index (χ0v) is 23.6. The largest absolute Gasteiger partial charge is 0.456 e. The van der Waals surface area contributed by atoms with E-state index in [1.54, 1.807) is 0 Å². The van der Waals surface area contributed by atoms with Crippen molar-refractivity contribution in [1.82, 2.24) is 16.0 Å². The highest BCUT2D eigenvalue weighted by molar-refractivity contribution is 6.06. The summed E-state index contributed by atoms with van der Waals surface area (Å²) in [5.74, 6) is 0. The molecule has 208 valence electrons. The summed E-state index contributed by atoms with van der Waals surface area (Å²) < 4.78 is 6.39. The second-order valence-corrected chi connectivity index (χ2v) is 11.1. The van der Waals surface area contributed by atoms with Crippen molar-refractivity contribution < 1.29 is 4.42 Å². The van der Waals surface area contributed by atoms with E-state index in [2.05, 4.69) is 162 Å². The summed E-state index contributed by atoms with van der Waals surface area (Å²) in [6.45, 7) is 0. The summed E-state index contributed by atoms with van der Waals surface area (Å²) in [4.78, 5) is 0. The summed E-state index contributed by atoms with van der Waals surface area (Å²) in [7, 11) is 0. The van der Waals surface area contributed by atoms with Crippen LogP contribution >= 0.6 is 0 Å². The van der Waals surface area contributed by atoms with Gasteiger partial charge in [-0.1, -0.05) is 127 Å². The summed E-state index contributed by atoms with van der Waals surface area (Å²) in [6.07, 6.45) is -0.216. The molecule has 1 aromatic heterocycles. The first kappa shape index (κ1) is 25.7. The predicted molar refractivity (Wildman–Crippen MR) is 175 cm³/mol. The Hall–Kier alpha value is -5.00. The second kappa shape index (κ2) is 11.0. The molecule has 0 bridgehead atoms. The highest BCUT2D eigenvalue weighted by Crippen LogP contribution is 2.35. The van der Waals surface area contributed by atoms with Gasteiger partial charge in [0, 0.05) is 10.8 Å². The quantitative estimate of drug-likeness (QED) is 0.198. The molecule has 8 rings (SSSR count). The number of nitrogens with one attached hydrogen (secondary N) is 3. The van der Waals surface area contributed by atoms with Crippen LogP contribution in [-0.4, -0.2) is 0 Å². The number of furan rings is 1. The summed E-state index contributed by atoms with van der Waals surface area (Å²) in [5.41, 5.74) is 10.1. The third-order valence-electron chi connectivity index (χ3n) is 8.40. The maximum atomic E-state index is 6.39. The molecule has 2 heterocycles. The first-order valence-corrected chi connectivity index (χ1v) is 14.8. The van der Waals surface area contributed by atoms with Crippen molar-refractivity contribution >= 4 is 21.9 Å². The van der Waals surface area contributed by atoms with Crippen molar-refractivity contribution in [2.24, 2.45) is 0 Å². The van der Waals surface area contributed by atoms with Crippen molar-refractivity contribution in [3.63, 3.8) is 0 Å². The molecule has 1 saturated heterocycles. The van der Waals surface area contributed by atoms with Gasteiger partial charge in [0.15, 0.2) is 0 Å². The standard InChI is InChI=1S/C39H31N3O/c1-4-11-26(12-5-1)29-17-10-18-31(23-29)38-40-37(28-15-8-3-9-16-28)41-39(42-38)32-19-21-33-34-24-30(27-13-6-2-7-14-27)20-22-35(34)43-36(33)25-32/h1-25,37-42H. The first-order chi connectivity index (χ1) is 21.3. The molecular weight excluding hydrogens is 526 g/mol. The molecule has 0 aliphatic carbocycles. The van der Waals surface area contributed by atoms with E-state index in [0.29, 0.717) is 0 Å². The monoisotopic (exact) mass is 557 g/mol. The fraction of sp³-hybridized carbons (Fsp3) is 0.0769. The molecule has 0 saturated carbocycles. The Kier molecular flexibility index (Phi) is 6.58. The van der Waals surface area contributed by atoms with Gasteiger partial charge in [0.1, 0.15) is 11.2 Å². The van der Waals surface area contributed by atoms with E-state index in [1.807, 2.05) is 6.07 Å². The predicted octanol–water partition coefficient (Wildman–Crippen LogP) is 9.10. The fourth-order valence-electron chi connectivity index (χ4n) is 6.18. The Labute approximate surface area is 251 Å². The third kappa shape index (κ3) is 5.02. The van der Waals surface area contributed by atoms with Crippen molar-refractivity contribution in [3.8, 4) is 22.3 Å².